The zero-order valence-corrected chi connectivity index (χ0v) is 18.0. The van der Waals surface area contributed by atoms with Gasteiger partial charge in [0.2, 0.25) is 0 Å². The lowest BCUT2D eigenvalue weighted by atomic mass is 9.87. The Morgan fingerprint density at radius 3 is 1.52 bits per heavy atom. The molecule has 3 aromatic carbocycles. The third kappa shape index (κ3) is 4.03. The Morgan fingerprint density at radius 2 is 1.03 bits per heavy atom. The van der Waals surface area contributed by atoms with Crippen LogP contribution in [0.5, 0.6) is 0 Å². The van der Waals surface area contributed by atoms with E-state index in [4.69, 9.17) is 22.9 Å². The molecule has 4 atom stereocenters. The van der Waals surface area contributed by atoms with Crippen molar-refractivity contribution in [3.8, 4) is 11.1 Å². The van der Waals surface area contributed by atoms with Gasteiger partial charge in [0.15, 0.2) is 0 Å². The van der Waals surface area contributed by atoms with Crippen LogP contribution in [0.3, 0.4) is 0 Å². The molecule has 2 aliphatic heterocycles. The van der Waals surface area contributed by atoms with Gasteiger partial charge in [-0.05, 0) is 53.1 Å². The van der Waals surface area contributed by atoms with Crippen molar-refractivity contribution < 1.29 is 0 Å². The van der Waals surface area contributed by atoms with Crippen molar-refractivity contribution >= 4 is 40.6 Å². The van der Waals surface area contributed by atoms with Gasteiger partial charge in [0.25, 0.3) is 0 Å². The number of nitrogens with two attached hydrogens (primary N) is 4. The minimum absolute atomic E-state index is 0. The molecular formula is C25H28N4S2. The van der Waals surface area contributed by atoms with E-state index in [0.717, 1.165) is 28.2 Å². The molecule has 6 heteroatoms. The van der Waals surface area contributed by atoms with Crippen LogP contribution in [0.2, 0.25) is 0 Å². The standard InChI is InChI=1S/C12H12N2S2.C12H12N2.CH4/c13-8-3-1-7(2-4-8)11-5-6-12(14)10(16-12)9(11)15-11;13-11-5-1-9(2-6-11)10-3-7-12(14)8-4-10;/h1-6,9-10H,13-14H2;1-8H,13-14H2;1H4. The first-order chi connectivity index (χ1) is 14.4. The summed E-state index contributed by atoms with van der Waals surface area (Å²) in [4.78, 5) is -0.0501. The fraction of sp³-hybridized carbons (Fsp3) is 0.200. The lowest BCUT2D eigenvalue weighted by Gasteiger charge is -2.16. The molecule has 3 aliphatic rings. The van der Waals surface area contributed by atoms with Gasteiger partial charge in [0, 0.05) is 22.3 Å². The van der Waals surface area contributed by atoms with E-state index in [2.05, 4.69) is 24.3 Å². The fourth-order valence-electron chi connectivity index (χ4n) is 3.89. The number of rotatable bonds is 2. The summed E-state index contributed by atoms with van der Waals surface area (Å²) in [6.07, 6.45) is 4.49. The summed E-state index contributed by atoms with van der Waals surface area (Å²) in [5, 5.41) is 1.27. The van der Waals surface area contributed by atoms with Crippen LogP contribution in [-0.2, 0) is 4.75 Å². The molecule has 4 nitrogen and oxygen atoms in total. The molecule has 2 heterocycles. The second-order valence-corrected chi connectivity index (χ2v) is 10.8. The number of thioether (sulfide) groups is 2. The average molecular weight is 449 g/mol. The summed E-state index contributed by atoms with van der Waals surface area (Å²) >= 11 is 3.92. The lowest BCUT2D eigenvalue weighted by Crippen LogP contribution is -2.32. The Morgan fingerprint density at radius 1 is 0.581 bits per heavy atom. The van der Waals surface area contributed by atoms with Crippen LogP contribution in [0.4, 0.5) is 17.1 Å². The van der Waals surface area contributed by atoms with Gasteiger partial charge in [0.1, 0.15) is 0 Å². The van der Waals surface area contributed by atoms with Gasteiger partial charge in [-0.2, -0.15) is 0 Å². The summed E-state index contributed by atoms with van der Waals surface area (Å²) in [6.45, 7) is 0. The molecule has 2 saturated heterocycles. The van der Waals surface area contributed by atoms with Gasteiger partial charge in [-0.25, -0.2) is 0 Å². The summed E-state index contributed by atoms with van der Waals surface area (Å²) in [7, 11) is 0. The van der Waals surface area contributed by atoms with Gasteiger partial charge < -0.3 is 22.9 Å². The third-order valence-electron chi connectivity index (χ3n) is 5.79. The predicted octanol–water partition coefficient (Wildman–Crippen LogP) is 5.07. The zero-order valence-electron chi connectivity index (χ0n) is 16.4. The molecular weight excluding hydrogens is 420 g/mol. The average Bonchev–Trinajstić information content (AvgIpc) is 3.64. The maximum Gasteiger partial charge on any atom is 0.0943 e. The lowest BCUT2D eigenvalue weighted by molar-refractivity contribution is 0.687. The molecule has 1 aliphatic carbocycles. The molecule has 0 spiro atoms. The number of anilines is 3. The van der Waals surface area contributed by atoms with E-state index in [1.54, 1.807) is 0 Å². The Balaban J connectivity index is 0.000000146. The maximum absolute atomic E-state index is 6.17. The van der Waals surface area contributed by atoms with Crippen LogP contribution in [-0.4, -0.2) is 15.4 Å². The molecule has 8 N–H and O–H groups in total. The highest BCUT2D eigenvalue weighted by atomic mass is 32.2. The Hall–Kier alpha value is -2.54. The van der Waals surface area contributed by atoms with Crippen LogP contribution < -0.4 is 22.9 Å². The van der Waals surface area contributed by atoms with Gasteiger partial charge in [-0.15, -0.1) is 23.5 Å². The van der Waals surface area contributed by atoms with E-state index in [1.165, 1.54) is 5.56 Å². The third-order valence-corrected chi connectivity index (χ3v) is 9.08. The van der Waals surface area contributed by atoms with Gasteiger partial charge >= 0.3 is 0 Å². The maximum atomic E-state index is 6.17. The van der Waals surface area contributed by atoms with Crippen LogP contribution in [0.1, 0.15) is 13.0 Å². The minimum Gasteiger partial charge on any atom is -0.399 e. The van der Waals surface area contributed by atoms with Crippen LogP contribution >= 0.6 is 23.5 Å². The molecule has 0 bridgehead atoms. The van der Waals surface area contributed by atoms with Crippen molar-refractivity contribution in [2.75, 3.05) is 17.2 Å². The summed E-state index contributed by atoms with van der Waals surface area (Å²) < 4.78 is 0.199. The highest BCUT2D eigenvalue weighted by molar-refractivity contribution is 8.14. The molecule has 0 saturated carbocycles. The summed E-state index contributed by atoms with van der Waals surface area (Å²) in [6, 6.07) is 23.8. The van der Waals surface area contributed by atoms with Crippen molar-refractivity contribution in [1.29, 1.82) is 0 Å². The fourth-order valence-corrected chi connectivity index (χ4v) is 6.94. The smallest absolute Gasteiger partial charge is 0.0943 e. The van der Waals surface area contributed by atoms with Crippen molar-refractivity contribution in [1.82, 2.24) is 0 Å². The van der Waals surface area contributed by atoms with Crippen molar-refractivity contribution in [3.63, 3.8) is 0 Å². The van der Waals surface area contributed by atoms with Crippen LogP contribution in [0.25, 0.3) is 11.1 Å². The molecule has 6 rings (SSSR count). The van der Waals surface area contributed by atoms with Gasteiger partial charge in [0.05, 0.1) is 14.9 Å². The molecule has 160 valence electrons. The van der Waals surface area contributed by atoms with Crippen LogP contribution in [0.15, 0.2) is 84.9 Å². The molecule has 0 aromatic heterocycles. The molecule has 3 aromatic rings. The Kier molecular flexibility index (Phi) is 5.50. The quantitative estimate of drug-likeness (QED) is 0.248. The normalized spacial score (nSPS) is 28.8. The monoisotopic (exact) mass is 448 g/mol. The number of fused-ring (bicyclic) bond motifs is 3. The van der Waals surface area contributed by atoms with Crippen molar-refractivity contribution in [3.05, 3.63) is 90.5 Å². The Labute approximate surface area is 192 Å². The second-order valence-electron chi connectivity index (χ2n) is 7.92. The summed E-state index contributed by atoms with van der Waals surface area (Å²) in [5.74, 6) is 0. The number of hydrogen-bond donors (Lipinski definition) is 4. The van der Waals surface area contributed by atoms with E-state index in [-0.39, 0.29) is 17.0 Å². The van der Waals surface area contributed by atoms with E-state index in [1.807, 2.05) is 84.2 Å². The highest BCUT2D eigenvalue weighted by Crippen LogP contribution is 2.75. The zero-order chi connectivity index (χ0) is 20.9. The predicted molar refractivity (Wildman–Crippen MR) is 139 cm³/mol. The first kappa shape index (κ1) is 21.7. The van der Waals surface area contributed by atoms with Crippen molar-refractivity contribution in [2.45, 2.75) is 27.5 Å². The number of hydrogen-bond acceptors (Lipinski definition) is 6. The second kappa shape index (κ2) is 7.86. The van der Waals surface area contributed by atoms with E-state index in [0.29, 0.717) is 10.5 Å². The first-order valence-corrected chi connectivity index (χ1v) is 11.6. The van der Waals surface area contributed by atoms with Crippen LogP contribution in [0, 0.1) is 0 Å². The minimum atomic E-state index is -0.0501. The highest BCUT2D eigenvalue weighted by Gasteiger charge is 2.72. The number of benzene rings is 3. The van der Waals surface area contributed by atoms with E-state index in [9.17, 15) is 0 Å². The largest absolute Gasteiger partial charge is 0.399 e. The van der Waals surface area contributed by atoms with Gasteiger partial charge in [-0.1, -0.05) is 56.0 Å². The molecule has 31 heavy (non-hydrogen) atoms. The molecule has 0 amide bonds. The van der Waals surface area contributed by atoms with E-state index < -0.39 is 0 Å². The first-order valence-electron chi connectivity index (χ1n) is 9.82. The topological polar surface area (TPSA) is 104 Å². The Bertz CT molecular complexity index is 1050. The molecule has 4 unspecified atom stereocenters. The number of nitrogen functional groups attached to an aromatic ring is 3. The molecule has 0 radical (unpaired) electrons. The van der Waals surface area contributed by atoms with Gasteiger partial charge in [-0.3, -0.25) is 0 Å². The SMILES string of the molecule is C.Nc1ccc(-c2ccc(N)cc2)cc1.Nc1ccc(C23C=CC4(N)SC4C2S3)cc1. The summed E-state index contributed by atoms with van der Waals surface area (Å²) in [5.41, 5.74) is 29.2. The molecule has 2 fully saturated rings. The van der Waals surface area contributed by atoms with Crippen molar-refractivity contribution in [2.24, 2.45) is 5.73 Å². The van der Waals surface area contributed by atoms with E-state index >= 15 is 0 Å².